The van der Waals surface area contributed by atoms with Crippen LogP contribution in [0.1, 0.15) is 40.5 Å². The molecule has 0 atom stereocenters. The summed E-state index contributed by atoms with van der Waals surface area (Å²) in [5.74, 6) is 0.321. The molecule has 1 aliphatic carbocycles. The number of aromatic nitrogens is 4. The number of halogens is 1. The van der Waals surface area contributed by atoms with Crippen molar-refractivity contribution in [1.82, 2.24) is 19.7 Å². The number of benzene rings is 2. The van der Waals surface area contributed by atoms with Gasteiger partial charge in [0.1, 0.15) is 0 Å². The van der Waals surface area contributed by atoms with E-state index in [9.17, 15) is 4.79 Å². The van der Waals surface area contributed by atoms with Gasteiger partial charge in [0.2, 0.25) is 5.95 Å². The van der Waals surface area contributed by atoms with Crippen molar-refractivity contribution in [3.05, 3.63) is 81.6 Å². The van der Waals surface area contributed by atoms with Gasteiger partial charge in [-0.1, -0.05) is 41.1 Å². The van der Waals surface area contributed by atoms with Crippen LogP contribution < -0.4 is 10.6 Å². The van der Waals surface area contributed by atoms with Crippen LogP contribution in [0.25, 0.3) is 11.4 Å². The smallest absolute Gasteiger partial charge is 0.276 e. The molecule has 0 fully saturated rings. The molecule has 7 nitrogen and oxygen atoms in total. The molecule has 0 spiro atoms. The molecule has 1 aliphatic rings. The fourth-order valence-corrected chi connectivity index (χ4v) is 4.81. The minimum atomic E-state index is -0.207. The first-order valence-corrected chi connectivity index (χ1v) is 12.2. The third kappa shape index (κ3) is 4.33. The third-order valence-corrected chi connectivity index (χ3v) is 6.54. The fourth-order valence-electron chi connectivity index (χ4n) is 4.40. The molecule has 2 aromatic heterocycles. The summed E-state index contributed by atoms with van der Waals surface area (Å²) >= 11 is 3.54. The van der Waals surface area contributed by atoms with E-state index in [0.29, 0.717) is 11.6 Å². The number of nitrogens with zero attached hydrogens (tertiary/aromatic N) is 4. The van der Waals surface area contributed by atoms with Crippen LogP contribution in [0.15, 0.2) is 59.2 Å². The highest BCUT2D eigenvalue weighted by atomic mass is 79.9. The Bertz CT molecular complexity index is 1370. The summed E-state index contributed by atoms with van der Waals surface area (Å²) in [7, 11) is 1.87. The van der Waals surface area contributed by atoms with E-state index in [0.717, 1.165) is 64.0 Å². The van der Waals surface area contributed by atoms with Crippen LogP contribution in [0, 0.1) is 0 Å². The first-order chi connectivity index (χ1) is 16.5. The number of fused-ring (bicyclic) bond motifs is 3. The Kier molecular flexibility index (Phi) is 6.15. The van der Waals surface area contributed by atoms with Gasteiger partial charge in [-0.2, -0.15) is 5.10 Å². The number of aryl methyl sites for hydroxylation is 3. The van der Waals surface area contributed by atoms with E-state index < -0.39 is 0 Å². The molecule has 5 rings (SSSR count). The predicted molar refractivity (Wildman–Crippen MR) is 137 cm³/mol. The molecule has 2 N–H and O–H groups in total. The van der Waals surface area contributed by atoms with Gasteiger partial charge in [-0.15, -0.1) is 0 Å². The summed E-state index contributed by atoms with van der Waals surface area (Å²) in [6, 6.07) is 15.6. The first-order valence-electron chi connectivity index (χ1n) is 11.4. The highest BCUT2D eigenvalue weighted by molar-refractivity contribution is 9.10. The second-order valence-electron chi connectivity index (χ2n) is 8.32. The zero-order valence-corrected chi connectivity index (χ0v) is 20.7. The Labute approximate surface area is 206 Å². The van der Waals surface area contributed by atoms with Crippen LogP contribution in [0.3, 0.4) is 0 Å². The molecule has 8 heteroatoms. The van der Waals surface area contributed by atoms with Gasteiger partial charge >= 0.3 is 0 Å². The van der Waals surface area contributed by atoms with Gasteiger partial charge in [-0.25, -0.2) is 9.97 Å². The topological polar surface area (TPSA) is 84.7 Å². The molecule has 0 saturated carbocycles. The van der Waals surface area contributed by atoms with Gasteiger partial charge in [0.05, 0.1) is 11.4 Å². The van der Waals surface area contributed by atoms with Crippen molar-refractivity contribution < 1.29 is 4.79 Å². The highest BCUT2D eigenvalue weighted by Crippen LogP contribution is 2.34. The summed E-state index contributed by atoms with van der Waals surface area (Å²) in [6.45, 7) is 2.12. The fraction of sp³-hybridized carbons (Fsp3) is 0.231. The van der Waals surface area contributed by atoms with Crippen LogP contribution in [0.2, 0.25) is 0 Å². The molecule has 2 aromatic carbocycles. The monoisotopic (exact) mass is 516 g/mol. The average molecular weight is 517 g/mol. The van der Waals surface area contributed by atoms with Gasteiger partial charge < -0.3 is 10.6 Å². The minimum absolute atomic E-state index is 0.207. The average Bonchev–Trinajstić information content (AvgIpc) is 3.05. The van der Waals surface area contributed by atoms with Crippen molar-refractivity contribution in [2.24, 2.45) is 7.05 Å². The lowest BCUT2D eigenvalue weighted by molar-refractivity contribution is 0.102. The Balaban J connectivity index is 1.52. The third-order valence-electron chi connectivity index (χ3n) is 6.05. The van der Waals surface area contributed by atoms with Crippen LogP contribution in [0.5, 0.6) is 0 Å². The SMILES string of the molecule is CCc1cc(Br)ccc1Nc1ncc2c(n1)-c1c(c(C(=O)Nc3ccccc3)nn1C)CCC2. The zero-order chi connectivity index (χ0) is 23.7. The highest BCUT2D eigenvalue weighted by Gasteiger charge is 2.27. The molecule has 0 radical (unpaired) electrons. The molecular weight excluding hydrogens is 492 g/mol. The molecule has 4 aromatic rings. The van der Waals surface area contributed by atoms with E-state index in [1.165, 1.54) is 5.56 Å². The Hall–Kier alpha value is -3.52. The summed E-state index contributed by atoms with van der Waals surface area (Å²) in [4.78, 5) is 22.6. The number of hydrogen-bond acceptors (Lipinski definition) is 5. The van der Waals surface area contributed by atoms with Crippen LogP contribution in [-0.2, 0) is 26.3 Å². The van der Waals surface area contributed by atoms with Crippen molar-refractivity contribution >= 4 is 39.2 Å². The summed E-state index contributed by atoms with van der Waals surface area (Å²) in [5, 5.41) is 10.9. The van der Waals surface area contributed by atoms with Crippen molar-refractivity contribution in [2.75, 3.05) is 10.6 Å². The number of carbonyl (C=O) groups excluding carboxylic acids is 1. The minimum Gasteiger partial charge on any atom is -0.324 e. The van der Waals surface area contributed by atoms with Crippen LogP contribution in [0.4, 0.5) is 17.3 Å². The molecule has 172 valence electrons. The maximum Gasteiger partial charge on any atom is 0.276 e. The quantitative estimate of drug-likeness (QED) is 0.356. The maximum atomic E-state index is 13.1. The number of nitrogens with one attached hydrogen (secondary N) is 2. The Morgan fingerprint density at radius 3 is 2.76 bits per heavy atom. The van der Waals surface area contributed by atoms with Gasteiger partial charge in [0, 0.05) is 34.7 Å². The number of amides is 1. The van der Waals surface area contributed by atoms with Crippen LogP contribution in [-0.4, -0.2) is 25.7 Å². The van der Waals surface area contributed by atoms with E-state index in [-0.39, 0.29) is 5.91 Å². The lowest BCUT2D eigenvalue weighted by Crippen LogP contribution is -2.14. The maximum absolute atomic E-state index is 13.1. The van der Waals surface area contributed by atoms with Crippen molar-refractivity contribution in [3.63, 3.8) is 0 Å². The molecule has 0 unspecified atom stereocenters. The summed E-state index contributed by atoms with van der Waals surface area (Å²) in [5.41, 5.74) is 7.04. The second-order valence-corrected chi connectivity index (χ2v) is 9.24. The number of carbonyl (C=O) groups is 1. The zero-order valence-electron chi connectivity index (χ0n) is 19.1. The van der Waals surface area contributed by atoms with E-state index in [4.69, 9.17) is 4.98 Å². The second kappa shape index (κ2) is 9.38. The number of hydrogen-bond donors (Lipinski definition) is 2. The number of para-hydroxylation sites is 1. The van der Waals surface area contributed by atoms with Crippen molar-refractivity contribution in [3.8, 4) is 11.4 Å². The molecule has 1 amide bonds. The summed E-state index contributed by atoms with van der Waals surface area (Å²) in [6.07, 6.45) is 5.29. The molecule has 0 bridgehead atoms. The summed E-state index contributed by atoms with van der Waals surface area (Å²) < 4.78 is 2.81. The molecule has 34 heavy (non-hydrogen) atoms. The van der Waals surface area contributed by atoms with Crippen LogP contribution >= 0.6 is 15.9 Å². The lowest BCUT2D eigenvalue weighted by atomic mass is 10.1. The van der Waals surface area contributed by atoms with Crippen molar-refractivity contribution in [1.29, 1.82) is 0 Å². The first kappa shape index (κ1) is 22.3. The van der Waals surface area contributed by atoms with Crippen molar-refractivity contribution in [2.45, 2.75) is 32.6 Å². The van der Waals surface area contributed by atoms with Gasteiger partial charge in [-0.3, -0.25) is 9.48 Å². The van der Waals surface area contributed by atoms with E-state index in [1.54, 1.807) is 4.68 Å². The lowest BCUT2D eigenvalue weighted by Gasteiger charge is -2.13. The molecule has 0 aliphatic heterocycles. The van der Waals surface area contributed by atoms with E-state index in [1.807, 2.05) is 55.7 Å². The molecule has 2 heterocycles. The van der Waals surface area contributed by atoms with E-state index >= 15 is 0 Å². The number of anilines is 3. The van der Waals surface area contributed by atoms with E-state index in [2.05, 4.69) is 49.6 Å². The largest absolute Gasteiger partial charge is 0.324 e. The van der Waals surface area contributed by atoms with Gasteiger partial charge in [-0.05, 0) is 67.1 Å². The predicted octanol–water partition coefficient (Wildman–Crippen LogP) is 5.69. The van der Waals surface area contributed by atoms with Gasteiger partial charge in [0.15, 0.2) is 5.69 Å². The molecular formula is C26H25BrN6O. The Morgan fingerprint density at radius 2 is 1.97 bits per heavy atom. The molecule has 0 saturated heterocycles. The Morgan fingerprint density at radius 1 is 1.15 bits per heavy atom. The standard InChI is InChI=1S/C26H25BrN6O/c1-3-16-14-18(27)12-13-21(16)30-26-28-15-17-8-7-11-20-23(32-33(2)24(20)22(17)31-26)25(34)29-19-9-5-4-6-10-19/h4-6,9-10,12-15H,3,7-8,11H2,1-2H3,(H,29,34)(H,28,30,31). The number of rotatable bonds is 5. The van der Waals surface area contributed by atoms with Gasteiger partial charge in [0.25, 0.3) is 5.91 Å². The normalized spacial score (nSPS) is 12.4.